The molecule has 0 aliphatic carbocycles. The highest BCUT2D eigenvalue weighted by Gasteiger charge is 2.19. The van der Waals surface area contributed by atoms with E-state index in [4.69, 9.17) is 4.74 Å². The second-order valence-corrected chi connectivity index (χ2v) is 6.84. The van der Waals surface area contributed by atoms with Gasteiger partial charge in [0.2, 0.25) is 10.0 Å². The molecule has 2 unspecified atom stereocenters. The molecule has 1 aromatic carbocycles. The van der Waals surface area contributed by atoms with Crippen molar-refractivity contribution < 1.29 is 13.2 Å². The molecule has 1 heterocycles. The van der Waals surface area contributed by atoms with Crippen LogP contribution in [-0.2, 0) is 14.8 Å². The molecule has 0 spiro atoms. The zero-order valence-electron chi connectivity index (χ0n) is 11.9. The van der Waals surface area contributed by atoms with Crippen molar-refractivity contribution in [1.82, 2.24) is 4.72 Å². The van der Waals surface area contributed by atoms with Crippen LogP contribution in [0.3, 0.4) is 0 Å². The summed E-state index contributed by atoms with van der Waals surface area (Å²) in [6.07, 6.45) is 2.22. The molecule has 112 valence electrons. The van der Waals surface area contributed by atoms with Crippen molar-refractivity contribution in [3.8, 4) is 0 Å². The van der Waals surface area contributed by atoms with Crippen molar-refractivity contribution in [2.75, 3.05) is 18.5 Å². The highest BCUT2D eigenvalue weighted by molar-refractivity contribution is 7.89. The smallest absolute Gasteiger partial charge is 0.240 e. The molecule has 0 saturated carbocycles. The second kappa shape index (κ2) is 6.56. The minimum absolute atomic E-state index is 0.273. The summed E-state index contributed by atoms with van der Waals surface area (Å²) in [6, 6.07) is 7.26. The number of nitrogens with one attached hydrogen (secondary N) is 2. The zero-order valence-corrected chi connectivity index (χ0v) is 12.7. The van der Waals surface area contributed by atoms with Gasteiger partial charge in [0.15, 0.2) is 0 Å². The molecular weight excluding hydrogens is 276 g/mol. The van der Waals surface area contributed by atoms with Crippen molar-refractivity contribution >= 4 is 15.7 Å². The van der Waals surface area contributed by atoms with Gasteiger partial charge in [0, 0.05) is 24.9 Å². The van der Waals surface area contributed by atoms with E-state index in [1.54, 1.807) is 19.1 Å². The molecule has 0 aromatic heterocycles. The van der Waals surface area contributed by atoms with Gasteiger partial charge in [-0.3, -0.25) is 0 Å². The monoisotopic (exact) mass is 298 g/mol. The van der Waals surface area contributed by atoms with Crippen LogP contribution in [0.5, 0.6) is 0 Å². The van der Waals surface area contributed by atoms with E-state index in [1.165, 1.54) is 0 Å². The molecule has 1 aliphatic heterocycles. The first-order chi connectivity index (χ1) is 9.51. The Morgan fingerprint density at radius 2 is 2.00 bits per heavy atom. The van der Waals surface area contributed by atoms with Crippen LogP contribution in [0.1, 0.15) is 26.7 Å². The molecule has 0 radical (unpaired) electrons. The fourth-order valence-corrected chi connectivity index (χ4v) is 3.41. The Morgan fingerprint density at radius 1 is 1.30 bits per heavy atom. The van der Waals surface area contributed by atoms with Gasteiger partial charge in [-0.2, -0.15) is 0 Å². The maximum absolute atomic E-state index is 11.8. The third kappa shape index (κ3) is 3.94. The van der Waals surface area contributed by atoms with E-state index in [1.807, 2.05) is 12.1 Å². The van der Waals surface area contributed by atoms with Gasteiger partial charge in [-0.15, -0.1) is 0 Å². The maximum atomic E-state index is 11.8. The Bertz CT molecular complexity index is 528. The van der Waals surface area contributed by atoms with Crippen LogP contribution in [0.25, 0.3) is 0 Å². The van der Waals surface area contributed by atoms with Gasteiger partial charge >= 0.3 is 0 Å². The number of hydrogen-bond acceptors (Lipinski definition) is 4. The second-order valence-electron chi connectivity index (χ2n) is 5.07. The summed E-state index contributed by atoms with van der Waals surface area (Å²) >= 11 is 0. The minimum Gasteiger partial charge on any atom is -0.382 e. The topological polar surface area (TPSA) is 67.4 Å². The largest absolute Gasteiger partial charge is 0.382 e. The van der Waals surface area contributed by atoms with Crippen molar-refractivity contribution in [1.29, 1.82) is 0 Å². The minimum atomic E-state index is -3.37. The first kappa shape index (κ1) is 15.3. The molecule has 20 heavy (non-hydrogen) atoms. The van der Waals surface area contributed by atoms with E-state index in [-0.39, 0.29) is 6.10 Å². The molecule has 2 N–H and O–H groups in total. The molecule has 1 aromatic rings. The van der Waals surface area contributed by atoms with E-state index < -0.39 is 10.0 Å². The summed E-state index contributed by atoms with van der Waals surface area (Å²) in [5.41, 5.74) is 0.944. The van der Waals surface area contributed by atoms with Gasteiger partial charge in [-0.05, 0) is 44.0 Å². The Labute approximate surface area is 120 Å². The summed E-state index contributed by atoms with van der Waals surface area (Å²) in [4.78, 5) is 0.297. The third-order valence-corrected chi connectivity index (χ3v) is 4.92. The van der Waals surface area contributed by atoms with Crippen LogP contribution in [0.2, 0.25) is 0 Å². The van der Waals surface area contributed by atoms with Gasteiger partial charge in [0.1, 0.15) is 0 Å². The van der Waals surface area contributed by atoms with Crippen molar-refractivity contribution in [3.63, 3.8) is 0 Å². The fourth-order valence-electron chi connectivity index (χ4n) is 2.37. The SMILES string of the molecule is CCNS(=O)(=O)c1ccc(NC2CCOC(C)C2)cc1. The molecule has 2 atom stereocenters. The summed E-state index contributed by atoms with van der Waals surface area (Å²) < 4.78 is 31.6. The van der Waals surface area contributed by atoms with Crippen molar-refractivity contribution in [2.24, 2.45) is 0 Å². The van der Waals surface area contributed by atoms with Gasteiger partial charge < -0.3 is 10.1 Å². The van der Waals surface area contributed by atoms with Crippen molar-refractivity contribution in [2.45, 2.75) is 43.7 Å². The first-order valence-corrected chi connectivity index (χ1v) is 8.47. The number of hydrogen-bond donors (Lipinski definition) is 2. The number of sulfonamides is 1. The Kier molecular flexibility index (Phi) is 5.01. The maximum Gasteiger partial charge on any atom is 0.240 e. The Balaban J connectivity index is 2.01. The predicted octanol–water partition coefficient (Wildman–Crippen LogP) is 1.96. The van der Waals surface area contributed by atoms with Gasteiger partial charge in [-0.1, -0.05) is 6.92 Å². The Hall–Kier alpha value is -1.11. The van der Waals surface area contributed by atoms with Crippen LogP contribution in [0.15, 0.2) is 29.2 Å². The number of rotatable bonds is 5. The lowest BCUT2D eigenvalue weighted by atomic mass is 10.0. The summed E-state index contributed by atoms with van der Waals surface area (Å²) in [7, 11) is -3.37. The summed E-state index contributed by atoms with van der Waals surface area (Å²) in [5, 5.41) is 3.43. The first-order valence-electron chi connectivity index (χ1n) is 6.99. The fraction of sp³-hybridized carbons (Fsp3) is 0.571. The van der Waals surface area contributed by atoms with Gasteiger partial charge in [0.25, 0.3) is 0 Å². The summed E-state index contributed by atoms with van der Waals surface area (Å²) in [6.45, 7) is 4.99. The van der Waals surface area contributed by atoms with Crippen LogP contribution in [-0.4, -0.2) is 33.7 Å². The van der Waals surface area contributed by atoms with Crippen LogP contribution in [0, 0.1) is 0 Å². The standard InChI is InChI=1S/C14H22N2O3S/c1-3-15-20(17,18)14-6-4-12(5-7-14)16-13-8-9-19-11(2)10-13/h4-7,11,13,15-16H,3,8-10H2,1-2H3. The lowest BCUT2D eigenvalue weighted by molar-refractivity contribution is 0.0232. The molecule has 6 heteroatoms. The molecule has 0 amide bonds. The number of ether oxygens (including phenoxy) is 1. The third-order valence-electron chi connectivity index (χ3n) is 3.35. The van der Waals surface area contributed by atoms with E-state index >= 15 is 0 Å². The number of benzene rings is 1. The van der Waals surface area contributed by atoms with Crippen LogP contribution in [0.4, 0.5) is 5.69 Å². The van der Waals surface area contributed by atoms with Crippen molar-refractivity contribution in [3.05, 3.63) is 24.3 Å². The lowest BCUT2D eigenvalue weighted by Gasteiger charge is -2.28. The average Bonchev–Trinajstić information content (AvgIpc) is 2.39. The molecule has 2 rings (SSSR count). The van der Waals surface area contributed by atoms with E-state index in [9.17, 15) is 8.42 Å². The molecule has 0 bridgehead atoms. The molecular formula is C14H22N2O3S. The summed E-state index contributed by atoms with van der Waals surface area (Å²) in [5.74, 6) is 0. The van der Waals surface area contributed by atoms with Crippen LogP contribution >= 0.6 is 0 Å². The Morgan fingerprint density at radius 3 is 2.60 bits per heavy atom. The van der Waals surface area contributed by atoms with Crippen LogP contribution < -0.4 is 10.0 Å². The normalized spacial score (nSPS) is 23.5. The molecule has 1 fully saturated rings. The molecule has 5 nitrogen and oxygen atoms in total. The predicted molar refractivity (Wildman–Crippen MR) is 79.4 cm³/mol. The zero-order chi connectivity index (χ0) is 14.6. The van der Waals surface area contributed by atoms with E-state index in [2.05, 4.69) is 17.0 Å². The van der Waals surface area contributed by atoms with Gasteiger partial charge in [-0.25, -0.2) is 13.1 Å². The highest BCUT2D eigenvalue weighted by atomic mass is 32.2. The quantitative estimate of drug-likeness (QED) is 0.872. The number of anilines is 1. The van der Waals surface area contributed by atoms with Gasteiger partial charge in [0.05, 0.1) is 11.0 Å². The van der Waals surface area contributed by atoms with E-state index in [0.717, 1.165) is 25.1 Å². The van der Waals surface area contributed by atoms with E-state index in [0.29, 0.717) is 17.5 Å². The average molecular weight is 298 g/mol. The molecule has 1 saturated heterocycles. The lowest BCUT2D eigenvalue weighted by Crippen LogP contribution is -2.32. The molecule has 1 aliphatic rings. The highest BCUT2D eigenvalue weighted by Crippen LogP contribution is 2.20.